The molecule has 4 nitrogen and oxygen atoms in total. The summed E-state index contributed by atoms with van der Waals surface area (Å²) in [5.74, 6) is 4.98. The van der Waals surface area contributed by atoms with Crippen molar-refractivity contribution in [2.24, 2.45) is 5.84 Å². The number of phenols is 1. The van der Waals surface area contributed by atoms with Crippen molar-refractivity contribution in [1.29, 1.82) is 0 Å². The molecule has 0 aliphatic heterocycles. The van der Waals surface area contributed by atoms with Crippen LogP contribution >= 0.6 is 0 Å². The summed E-state index contributed by atoms with van der Waals surface area (Å²) in [6, 6.07) is 5.66. The minimum absolute atomic E-state index is 0.116. The van der Waals surface area contributed by atoms with Crippen LogP contribution < -0.4 is 5.84 Å². The van der Waals surface area contributed by atoms with Gasteiger partial charge in [-0.2, -0.15) is 5.84 Å². The van der Waals surface area contributed by atoms with Crippen molar-refractivity contribution in [3.05, 3.63) is 29.2 Å². The van der Waals surface area contributed by atoms with Crippen LogP contribution in [0, 0.1) is 4.91 Å². The topological polar surface area (TPSA) is 66.3 Å². The Bertz CT molecular complexity index is 242. The highest BCUT2D eigenvalue weighted by atomic mass is 16.3. The lowest BCUT2D eigenvalue weighted by molar-refractivity contribution is -0.474. The van der Waals surface area contributed by atoms with Crippen LogP contribution in [0.3, 0.4) is 0 Å². The molecule has 0 aliphatic rings. The number of aromatic hydroxyl groups is 1. The van der Waals surface area contributed by atoms with Crippen LogP contribution in [0.5, 0.6) is 5.75 Å². The largest absolute Gasteiger partial charge is 0.508 e. The zero-order chi connectivity index (χ0) is 7.56. The average molecular weight is 139 g/mol. The Morgan fingerprint density at radius 3 is 2.20 bits per heavy atom. The molecule has 1 aromatic carbocycles. The van der Waals surface area contributed by atoms with E-state index in [1.54, 1.807) is 0 Å². The fourth-order valence-corrected chi connectivity index (χ4v) is 0.600. The summed E-state index contributed by atoms with van der Waals surface area (Å²) in [6.07, 6.45) is 0. The van der Waals surface area contributed by atoms with Crippen molar-refractivity contribution >= 4 is 5.69 Å². The third-order valence-electron chi connectivity index (χ3n) is 1.10. The number of nitrogens with zero attached hydrogens (tertiary/aromatic N) is 1. The Labute approximate surface area is 57.4 Å². The van der Waals surface area contributed by atoms with E-state index in [0.717, 1.165) is 0 Å². The van der Waals surface area contributed by atoms with Crippen LogP contribution in [0.25, 0.3) is 0 Å². The maximum absolute atomic E-state index is 10.4. The number of rotatable bonds is 1. The zero-order valence-electron chi connectivity index (χ0n) is 5.19. The number of hydrazine groups is 1. The van der Waals surface area contributed by atoms with E-state index >= 15 is 0 Å². The van der Waals surface area contributed by atoms with Crippen molar-refractivity contribution in [2.45, 2.75) is 0 Å². The van der Waals surface area contributed by atoms with E-state index in [1.165, 1.54) is 24.3 Å². The van der Waals surface area contributed by atoms with Crippen LogP contribution in [0.1, 0.15) is 0 Å². The minimum atomic E-state index is 0.116. The molecule has 1 aromatic rings. The van der Waals surface area contributed by atoms with Crippen LogP contribution in [-0.4, -0.2) is 9.98 Å². The Morgan fingerprint density at radius 1 is 1.30 bits per heavy atom. The summed E-state index contributed by atoms with van der Waals surface area (Å²) in [7, 11) is 0. The first-order valence-electron chi connectivity index (χ1n) is 2.71. The number of hydrogen-bond acceptors (Lipinski definition) is 2. The van der Waals surface area contributed by atoms with Gasteiger partial charge in [0, 0.05) is 12.1 Å². The Balaban J connectivity index is 3.00. The predicted molar refractivity (Wildman–Crippen MR) is 35.6 cm³/mol. The molecule has 0 aromatic heterocycles. The van der Waals surface area contributed by atoms with Gasteiger partial charge in [0.25, 0.3) is 5.69 Å². The van der Waals surface area contributed by atoms with E-state index < -0.39 is 0 Å². The van der Waals surface area contributed by atoms with Crippen molar-refractivity contribution in [2.75, 3.05) is 0 Å². The number of nitroso groups, excluding NO2 is 1. The second-order valence-electron chi connectivity index (χ2n) is 1.84. The lowest BCUT2D eigenvalue weighted by atomic mass is 10.3. The van der Waals surface area contributed by atoms with Gasteiger partial charge in [0.1, 0.15) is 5.75 Å². The van der Waals surface area contributed by atoms with Crippen molar-refractivity contribution in [3.8, 4) is 5.75 Å². The van der Waals surface area contributed by atoms with Gasteiger partial charge in [-0.1, -0.05) is 0 Å². The van der Waals surface area contributed by atoms with E-state index in [0.29, 0.717) is 5.69 Å². The smallest absolute Gasteiger partial charge is 0.291 e. The highest BCUT2D eigenvalue weighted by Crippen LogP contribution is 2.13. The van der Waals surface area contributed by atoms with E-state index in [-0.39, 0.29) is 10.6 Å². The molecular formula is C6H7N2O2+. The molecule has 0 spiro atoms. The molecule has 3 N–H and O–H groups in total. The molecule has 10 heavy (non-hydrogen) atoms. The molecule has 0 aliphatic carbocycles. The van der Waals surface area contributed by atoms with Crippen LogP contribution in [0.2, 0.25) is 0 Å². The van der Waals surface area contributed by atoms with Crippen LogP contribution in [0.15, 0.2) is 24.3 Å². The molecular weight excluding hydrogens is 132 g/mol. The standard InChI is InChI=1S/C6H6N2O2/c7-8(10)5-1-3-6(9)4-2-5/h1-4H,(H2-,7,9,10)/p+1. The first-order chi connectivity index (χ1) is 4.70. The fourth-order valence-electron chi connectivity index (χ4n) is 0.600. The molecule has 0 saturated heterocycles. The van der Waals surface area contributed by atoms with E-state index in [2.05, 4.69) is 0 Å². The summed E-state index contributed by atoms with van der Waals surface area (Å²) in [4.78, 5) is 10.6. The normalized spacial score (nSPS) is 9.20. The summed E-state index contributed by atoms with van der Waals surface area (Å²) in [6.45, 7) is 0. The zero-order valence-corrected chi connectivity index (χ0v) is 5.19. The molecule has 4 heteroatoms. The summed E-state index contributed by atoms with van der Waals surface area (Å²) >= 11 is 0. The highest BCUT2D eigenvalue weighted by molar-refractivity contribution is 5.34. The molecule has 0 saturated carbocycles. The second-order valence-corrected chi connectivity index (χ2v) is 1.84. The molecule has 0 heterocycles. The third-order valence-corrected chi connectivity index (χ3v) is 1.10. The second kappa shape index (κ2) is 2.34. The molecule has 1 rings (SSSR count). The van der Waals surface area contributed by atoms with Gasteiger partial charge in [-0.3, -0.25) is 0 Å². The van der Waals surface area contributed by atoms with Crippen molar-refractivity contribution in [3.63, 3.8) is 0 Å². The summed E-state index contributed by atoms with van der Waals surface area (Å²) in [5, 5.41) is 8.78. The van der Waals surface area contributed by atoms with Gasteiger partial charge in [-0.05, 0) is 12.1 Å². The Kier molecular flexibility index (Phi) is 1.53. The van der Waals surface area contributed by atoms with E-state index in [4.69, 9.17) is 10.9 Å². The number of benzene rings is 1. The number of hydrogen-bond donors (Lipinski definition) is 2. The fraction of sp³-hybridized carbons (Fsp3) is 0. The Hall–Kier alpha value is -1.58. The molecule has 52 valence electrons. The third kappa shape index (κ3) is 1.22. The molecule has 0 amide bonds. The van der Waals surface area contributed by atoms with E-state index in [9.17, 15) is 4.91 Å². The summed E-state index contributed by atoms with van der Waals surface area (Å²) < 4.78 is 0. The van der Waals surface area contributed by atoms with Gasteiger partial charge in [0.05, 0.1) is 4.91 Å². The van der Waals surface area contributed by atoms with Gasteiger partial charge < -0.3 is 5.11 Å². The lowest BCUT2D eigenvalue weighted by Crippen LogP contribution is -2.08. The Morgan fingerprint density at radius 2 is 1.80 bits per heavy atom. The maximum atomic E-state index is 10.4. The van der Waals surface area contributed by atoms with Gasteiger partial charge >= 0.3 is 0 Å². The number of phenolic OH excluding ortho intramolecular Hbond substituents is 1. The number of nitrogens with two attached hydrogens (primary N) is 1. The molecule has 0 unspecified atom stereocenters. The SMILES string of the molecule is N[N+](=O)c1ccc(O)cc1. The van der Waals surface area contributed by atoms with Gasteiger partial charge in [0.15, 0.2) is 4.87 Å². The monoisotopic (exact) mass is 139 g/mol. The first kappa shape index (κ1) is 6.54. The first-order valence-corrected chi connectivity index (χ1v) is 2.71. The lowest BCUT2D eigenvalue weighted by Gasteiger charge is -1.86. The van der Waals surface area contributed by atoms with Gasteiger partial charge in [0.2, 0.25) is 0 Å². The molecule has 0 bridgehead atoms. The van der Waals surface area contributed by atoms with Crippen molar-refractivity contribution < 1.29 is 9.98 Å². The van der Waals surface area contributed by atoms with Gasteiger partial charge in [-0.25, -0.2) is 0 Å². The molecule has 0 fully saturated rings. The van der Waals surface area contributed by atoms with E-state index in [1.807, 2.05) is 0 Å². The minimum Gasteiger partial charge on any atom is -0.508 e. The quantitative estimate of drug-likeness (QED) is 0.341. The maximum Gasteiger partial charge on any atom is 0.291 e. The van der Waals surface area contributed by atoms with Crippen LogP contribution in [-0.2, 0) is 0 Å². The van der Waals surface area contributed by atoms with Gasteiger partial charge in [-0.15, -0.1) is 0 Å². The molecule has 0 atom stereocenters. The highest BCUT2D eigenvalue weighted by Gasteiger charge is 2.05. The average Bonchev–Trinajstić information content (AvgIpc) is 1.88. The summed E-state index contributed by atoms with van der Waals surface area (Å²) in [5.41, 5.74) is 0.317. The van der Waals surface area contributed by atoms with Crippen LogP contribution in [0.4, 0.5) is 5.69 Å². The van der Waals surface area contributed by atoms with Crippen molar-refractivity contribution in [1.82, 2.24) is 0 Å². The molecule has 0 radical (unpaired) electrons. The predicted octanol–water partition coefficient (Wildman–Crippen LogP) is 0.676.